The Labute approximate surface area is 193 Å². The lowest BCUT2D eigenvalue weighted by molar-refractivity contribution is 0.643. The first-order valence-electron chi connectivity index (χ1n) is 10.6. The van der Waals surface area contributed by atoms with Crippen LogP contribution in [0.15, 0.2) is 67.4 Å². The molecule has 5 heterocycles. The fourth-order valence-corrected chi connectivity index (χ4v) is 4.07. The van der Waals surface area contributed by atoms with Crippen LogP contribution < -0.4 is 4.90 Å². The molecule has 34 heavy (non-hydrogen) atoms. The van der Waals surface area contributed by atoms with Crippen molar-refractivity contribution in [2.24, 2.45) is 0 Å². The molecule has 0 saturated heterocycles. The van der Waals surface area contributed by atoms with Crippen molar-refractivity contribution in [3.63, 3.8) is 0 Å². The summed E-state index contributed by atoms with van der Waals surface area (Å²) < 4.78 is 15.9. The smallest absolute Gasteiger partial charge is 0.178 e. The van der Waals surface area contributed by atoms with Crippen molar-refractivity contribution in [3.05, 3.63) is 73.2 Å². The minimum absolute atomic E-state index is 0.356. The summed E-state index contributed by atoms with van der Waals surface area (Å²) in [5.74, 6) is 0.0427. The summed E-state index contributed by atoms with van der Waals surface area (Å²) in [6.45, 7) is 0. The lowest BCUT2D eigenvalue weighted by atomic mass is 10.0. The van der Waals surface area contributed by atoms with Gasteiger partial charge in [0.15, 0.2) is 11.5 Å². The van der Waals surface area contributed by atoms with Crippen LogP contribution in [0.1, 0.15) is 0 Å². The number of anilines is 1. The monoisotopic (exact) mass is 450 g/mol. The van der Waals surface area contributed by atoms with Crippen LogP contribution in [0.2, 0.25) is 0 Å². The zero-order chi connectivity index (χ0) is 23.2. The number of nitrogens with one attached hydrogen (secondary N) is 2. The second-order valence-electron chi connectivity index (χ2n) is 8.13. The first-order valence-corrected chi connectivity index (χ1v) is 10.6. The maximum Gasteiger partial charge on any atom is 0.178 e. The molecule has 9 heteroatoms. The van der Waals surface area contributed by atoms with Gasteiger partial charge in [-0.05, 0) is 30.3 Å². The van der Waals surface area contributed by atoms with E-state index in [1.807, 2.05) is 49.3 Å². The molecule has 166 valence electrons. The van der Waals surface area contributed by atoms with Gasteiger partial charge in [-0.2, -0.15) is 5.10 Å². The zero-order valence-corrected chi connectivity index (χ0v) is 18.4. The van der Waals surface area contributed by atoms with E-state index in [9.17, 15) is 0 Å². The molecule has 2 N–H and O–H groups in total. The van der Waals surface area contributed by atoms with Gasteiger partial charge in [-0.1, -0.05) is 6.07 Å². The number of rotatable bonds is 4. The molecule has 5 aromatic heterocycles. The van der Waals surface area contributed by atoms with Gasteiger partial charge in [0.1, 0.15) is 11.5 Å². The molecule has 0 unspecified atom stereocenters. The molecular weight excluding hydrogens is 431 g/mol. The van der Waals surface area contributed by atoms with E-state index in [0.29, 0.717) is 39.2 Å². The summed E-state index contributed by atoms with van der Waals surface area (Å²) in [6.07, 6.45) is 8.59. The number of nitrogens with zero attached hydrogens (tertiary/aromatic N) is 6. The number of hydrogen-bond donors (Lipinski definition) is 2. The Morgan fingerprint density at radius 2 is 1.79 bits per heavy atom. The highest BCUT2D eigenvalue weighted by atomic mass is 19.1. The number of hydrogen-bond acceptors (Lipinski definition) is 6. The van der Waals surface area contributed by atoms with Crippen molar-refractivity contribution in [2.75, 3.05) is 19.0 Å². The minimum atomic E-state index is -0.389. The largest absolute Gasteiger partial charge is 0.376 e. The normalized spacial score (nSPS) is 11.4. The van der Waals surface area contributed by atoms with Crippen LogP contribution in [0.25, 0.3) is 55.8 Å². The number of benzene rings is 1. The molecular formula is C25H19FN8. The van der Waals surface area contributed by atoms with Gasteiger partial charge in [0, 0.05) is 61.1 Å². The Morgan fingerprint density at radius 1 is 0.912 bits per heavy atom. The summed E-state index contributed by atoms with van der Waals surface area (Å²) in [7, 11) is 3.84. The minimum Gasteiger partial charge on any atom is -0.376 e. The molecule has 0 amide bonds. The third-order valence-electron chi connectivity index (χ3n) is 5.81. The maximum atomic E-state index is 15.9. The van der Waals surface area contributed by atoms with Crippen LogP contribution in [0, 0.1) is 5.82 Å². The number of aromatic amines is 2. The van der Waals surface area contributed by atoms with E-state index in [2.05, 4.69) is 35.1 Å². The Hall–Kier alpha value is -4.66. The van der Waals surface area contributed by atoms with Crippen LogP contribution in [-0.4, -0.2) is 49.2 Å². The van der Waals surface area contributed by atoms with Gasteiger partial charge >= 0.3 is 0 Å². The standard InChI is InChI=1S/C25H19FN8/c1-34(2)16-10-15(12-28-13-16)17-5-6-19-20(21(17)26)23(33-32-19)25-30-22-18(7-9-29-24(22)31-25)14-4-3-8-27-11-14/h3-13H,1-2H3,(H,32,33)(H,29,30,31). The summed E-state index contributed by atoms with van der Waals surface area (Å²) in [4.78, 5) is 22.7. The summed E-state index contributed by atoms with van der Waals surface area (Å²) in [6, 6.07) is 11.2. The maximum absolute atomic E-state index is 15.9. The van der Waals surface area contributed by atoms with Crippen LogP contribution in [0.4, 0.5) is 10.1 Å². The summed E-state index contributed by atoms with van der Waals surface area (Å²) >= 11 is 0. The molecule has 1 aromatic carbocycles. The van der Waals surface area contributed by atoms with Gasteiger partial charge in [0.25, 0.3) is 0 Å². The molecule has 8 nitrogen and oxygen atoms in total. The zero-order valence-electron chi connectivity index (χ0n) is 18.4. The number of halogens is 1. The van der Waals surface area contributed by atoms with Gasteiger partial charge in [0.05, 0.1) is 28.3 Å². The Balaban J connectivity index is 1.52. The van der Waals surface area contributed by atoms with Crippen molar-refractivity contribution in [1.82, 2.24) is 35.1 Å². The molecule has 0 aliphatic heterocycles. The molecule has 6 rings (SSSR count). The lowest BCUT2D eigenvalue weighted by Crippen LogP contribution is -2.08. The predicted octanol–water partition coefficient (Wildman–Crippen LogP) is 4.83. The fraction of sp³-hybridized carbons (Fsp3) is 0.0800. The molecule has 0 fully saturated rings. The van der Waals surface area contributed by atoms with Gasteiger partial charge in [-0.15, -0.1) is 0 Å². The van der Waals surface area contributed by atoms with E-state index in [-0.39, 0.29) is 5.82 Å². The number of fused-ring (bicyclic) bond motifs is 2. The first kappa shape index (κ1) is 20.0. The number of pyridine rings is 3. The van der Waals surface area contributed by atoms with E-state index in [0.717, 1.165) is 22.3 Å². The number of aromatic nitrogens is 7. The highest BCUT2D eigenvalue weighted by Crippen LogP contribution is 2.35. The average molecular weight is 450 g/mol. The number of H-pyrrole nitrogens is 2. The van der Waals surface area contributed by atoms with E-state index in [1.54, 1.807) is 37.1 Å². The third kappa shape index (κ3) is 3.17. The van der Waals surface area contributed by atoms with Crippen LogP contribution in [-0.2, 0) is 0 Å². The SMILES string of the molecule is CN(C)c1cncc(-c2ccc3[nH]nc(-c4nc5nccc(-c6cccnc6)c5[nH]4)c3c2F)c1. The molecule has 0 atom stereocenters. The van der Waals surface area contributed by atoms with Gasteiger partial charge in [-0.3, -0.25) is 15.1 Å². The molecule has 0 aliphatic rings. The van der Waals surface area contributed by atoms with Gasteiger partial charge in [0.2, 0.25) is 0 Å². The topological polar surface area (TPSA) is 99.3 Å². The van der Waals surface area contributed by atoms with Gasteiger partial charge < -0.3 is 9.88 Å². The lowest BCUT2D eigenvalue weighted by Gasteiger charge is -2.13. The average Bonchev–Trinajstić information content (AvgIpc) is 3.49. The molecule has 0 aliphatic carbocycles. The summed E-state index contributed by atoms with van der Waals surface area (Å²) in [5.41, 5.74) is 6.07. The van der Waals surface area contributed by atoms with Gasteiger partial charge in [-0.25, -0.2) is 14.4 Å². The second-order valence-corrected chi connectivity index (χ2v) is 8.13. The van der Waals surface area contributed by atoms with Crippen molar-refractivity contribution in [3.8, 4) is 33.8 Å². The van der Waals surface area contributed by atoms with Crippen LogP contribution in [0.3, 0.4) is 0 Å². The second kappa shape index (κ2) is 7.73. The highest BCUT2D eigenvalue weighted by molar-refractivity contribution is 5.98. The van der Waals surface area contributed by atoms with Crippen molar-refractivity contribution in [2.45, 2.75) is 0 Å². The molecule has 0 saturated carbocycles. The van der Waals surface area contributed by atoms with Crippen LogP contribution >= 0.6 is 0 Å². The predicted molar refractivity (Wildman–Crippen MR) is 130 cm³/mol. The first-order chi connectivity index (χ1) is 16.6. The highest BCUT2D eigenvalue weighted by Gasteiger charge is 2.20. The molecule has 6 aromatic rings. The molecule has 0 spiro atoms. The quantitative estimate of drug-likeness (QED) is 0.399. The molecule has 0 radical (unpaired) electrons. The molecule has 0 bridgehead atoms. The van der Waals surface area contributed by atoms with Crippen LogP contribution in [0.5, 0.6) is 0 Å². The fourth-order valence-electron chi connectivity index (χ4n) is 4.07. The summed E-state index contributed by atoms with van der Waals surface area (Å²) in [5, 5.41) is 7.66. The van der Waals surface area contributed by atoms with Crippen molar-refractivity contribution < 1.29 is 4.39 Å². The van der Waals surface area contributed by atoms with E-state index >= 15 is 4.39 Å². The van der Waals surface area contributed by atoms with E-state index in [4.69, 9.17) is 0 Å². The Kier molecular flexibility index (Phi) is 4.54. The Bertz CT molecular complexity index is 1650. The van der Waals surface area contributed by atoms with Crippen molar-refractivity contribution >= 4 is 27.8 Å². The van der Waals surface area contributed by atoms with E-state index < -0.39 is 0 Å². The Morgan fingerprint density at radius 3 is 2.62 bits per heavy atom. The van der Waals surface area contributed by atoms with Crippen molar-refractivity contribution in [1.29, 1.82) is 0 Å². The third-order valence-corrected chi connectivity index (χ3v) is 5.81. The number of imidazole rings is 1. The van der Waals surface area contributed by atoms with E-state index in [1.165, 1.54) is 0 Å².